The molecule has 1 N–H and O–H groups in total. The molecule has 0 unspecified atom stereocenters. The van der Waals surface area contributed by atoms with Crippen molar-refractivity contribution in [3.63, 3.8) is 0 Å². The van der Waals surface area contributed by atoms with Crippen molar-refractivity contribution in [2.24, 2.45) is 0 Å². The molecular weight excluding hydrogens is 322 g/mol. The summed E-state index contributed by atoms with van der Waals surface area (Å²) >= 11 is 0. The number of amides is 1. The second kappa shape index (κ2) is 6.83. The lowest BCUT2D eigenvalue weighted by Crippen LogP contribution is -2.38. The standard InChI is InChI=1S/C23H23NO2/c1-26-21-14-13-20(18-11-5-6-12-19(18)21)24-22(25)23(15-7-8-16-23)17-9-3-2-4-10-17/h2-6,9-14H,7-8,15-16H2,1H3,(H,24,25). The third-order valence-electron chi connectivity index (χ3n) is 5.57. The Hall–Kier alpha value is -2.81. The first kappa shape index (κ1) is 16.6. The van der Waals surface area contributed by atoms with Crippen molar-refractivity contribution >= 4 is 22.4 Å². The van der Waals surface area contributed by atoms with Crippen molar-refractivity contribution < 1.29 is 9.53 Å². The van der Waals surface area contributed by atoms with Crippen molar-refractivity contribution in [3.05, 3.63) is 72.3 Å². The molecule has 1 saturated carbocycles. The molecule has 3 aromatic rings. The highest BCUT2D eigenvalue weighted by molar-refractivity contribution is 6.07. The zero-order valence-electron chi connectivity index (χ0n) is 15.0. The lowest BCUT2D eigenvalue weighted by atomic mass is 9.78. The van der Waals surface area contributed by atoms with E-state index in [2.05, 4.69) is 17.4 Å². The molecule has 1 aliphatic carbocycles. The highest BCUT2D eigenvalue weighted by Gasteiger charge is 2.42. The van der Waals surface area contributed by atoms with Crippen LogP contribution in [0.5, 0.6) is 5.75 Å². The molecule has 1 amide bonds. The van der Waals surface area contributed by atoms with Gasteiger partial charge in [-0.3, -0.25) is 4.79 Å². The molecule has 1 aliphatic rings. The molecule has 0 aliphatic heterocycles. The van der Waals surface area contributed by atoms with Crippen LogP contribution < -0.4 is 10.1 Å². The van der Waals surface area contributed by atoms with E-state index in [0.29, 0.717) is 0 Å². The van der Waals surface area contributed by atoms with Gasteiger partial charge >= 0.3 is 0 Å². The minimum Gasteiger partial charge on any atom is -0.496 e. The van der Waals surface area contributed by atoms with E-state index >= 15 is 0 Å². The van der Waals surface area contributed by atoms with Crippen LogP contribution in [-0.4, -0.2) is 13.0 Å². The molecule has 3 aromatic carbocycles. The first-order chi connectivity index (χ1) is 12.7. The van der Waals surface area contributed by atoms with Gasteiger partial charge in [0.25, 0.3) is 0 Å². The number of ether oxygens (including phenoxy) is 1. The second-order valence-corrected chi connectivity index (χ2v) is 6.97. The van der Waals surface area contributed by atoms with E-state index in [1.807, 2.05) is 54.6 Å². The monoisotopic (exact) mass is 345 g/mol. The van der Waals surface area contributed by atoms with Gasteiger partial charge in [-0.25, -0.2) is 0 Å². The maximum atomic E-state index is 13.4. The minimum absolute atomic E-state index is 0.0940. The normalized spacial score (nSPS) is 15.7. The highest BCUT2D eigenvalue weighted by Crippen LogP contribution is 2.42. The smallest absolute Gasteiger partial charge is 0.235 e. The first-order valence-electron chi connectivity index (χ1n) is 9.17. The molecule has 3 nitrogen and oxygen atoms in total. The lowest BCUT2D eigenvalue weighted by Gasteiger charge is -2.28. The average Bonchev–Trinajstić information content (AvgIpc) is 3.20. The quantitative estimate of drug-likeness (QED) is 0.697. The van der Waals surface area contributed by atoms with Crippen LogP contribution >= 0.6 is 0 Å². The number of anilines is 1. The van der Waals surface area contributed by atoms with Crippen LogP contribution in [0, 0.1) is 0 Å². The Balaban J connectivity index is 1.73. The summed E-state index contributed by atoms with van der Waals surface area (Å²) in [5.41, 5.74) is 1.53. The van der Waals surface area contributed by atoms with Gasteiger partial charge in [-0.1, -0.05) is 67.4 Å². The fraction of sp³-hybridized carbons (Fsp3) is 0.261. The topological polar surface area (TPSA) is 38.3 Å². The van der Waals surface area contributed by atoms with Crippen LogP contribution in [-0.2, 0) is 10.2 Å². The van der Waals surface area contributed by atoms with E-state index < -0.39 is 5.41 Å². The van der Waals surface area contributed by atoms with Gasteiger partial charge in [0, 0.05) is 16.5 Å². The third kappa shape index (κ3) is 2.74. The molecule has 4 rings (SSSR count). The molecule has 1 fully saturated rings. The van der Waals surface area contributed by atoms with Gasteiger partial charge in [0.2, 0.25) is 5.91 Å². The van der Waals surface area contributed by atoms with Crippen molar-refractivity contribution in [2.45, 2.75) is 31.1 Å². The number of carbonyl (C=O) groups is 1. The number of carbonyl (C=O) groups excluding carboxylic acids is 1. The van der Waals surface area contributed by atoms with Gasteiger partial charge in [0.05, 0.1) is 12.5 Å². The van der Waals surface area contributed by atoms with Crippen molar-refractivity contribution in [3.8, 4) is 5.75 Å². The molecule has 0 atom stereocenters. The van der Waals surface area contributed by atoms with E-state index in [0.717, 1.165) is 53.5 Å². The predicted molar refractivity (Wildman–Crippen MR) is 106 cm³/mol. The Bertz CT molecular complexity index is 927. The van der Waals surface area contributed by atoms with Gasteiger partial charge in [-0.2, -0.15) is 0 Å². The number of nitrogens with one attached hydrogen (secondary N) is 1. The summed E-state index contributed by atoms with van der Waals surface area (Å²) in [4.78, 5) is 13.4. The third-order valence-corrected chi connectivity index (χ3v) is 5.57. The second-order valence-electron chi connectivity index (χ2n) is 6.97. The molecular formula is C23H23NO2. The van der Waals surface area contributed by atoms with E-state index in [4.69, 9.17) is 4.74 Å². The predicted octanol–water partition coefficient (Wildman–Crippen LogP) is 5.30. The molecule has 0 spiro atoms. The fourth-order valence-electron chi connectivity index (χ4n) is 4.18. The largest absolute Gasteiger partial charge is 0.496 e. The van der Waals surface area contributed by atoms with Gasteiger partial charge < -0.3 is 10.1 Å². The minimum atomic E-state index is -0.428. The van der Waals surface area contributed by atoms with Crippen molar-refractivity contribution in [1.82, 2.24) is 0 Å². The molecule has 26 heavy (non-hydrogen) atoms. The van der Waals surface area contributed by atoms with Crippen LogP contribution in [0.4, 0.5) is 5.69 Å². The van der Waals surface area contributed by atoms with E-state index in [9.17, 15) is 4.79 Å². The lowest BCUT2D eigenvalue weighted by molar-refractivity contribution is -0.121. The summed E-state index contributed by atoms with van der Waals surface area (Å²) < 4.78 is 5.46. The van der Waals surface area contributed by atoms with Gasteiger partial charge in [0.1, 0.15) is 5.75 Å². The van der Waals surface area contributed by atoms with E-state index in [1.54, 1.807) is 7.11 Å². The summed E-state index contributed by atoms with van der Waals surface area (Å²) in [7, 11) is 1.67. The van der Waals surface area contributed by atoms with E-state index in [-0.39, 0.29) is 5.91 Å². The summed E-state index contributed by atoms with van der Waals surface area (Å²) in [6, 6.07) is 22.1. The summed E-state index contributed by atoms with van der Waals surface area (Å²) in [6.07, 6.45) is 3.98. The zero-order valence-corrected chi connectivity index (χ0v) is 15.0. The number of hydrogen-bond acceptors (Lipinski definition) is 2. The Morgan fingerprint density at radius 3 is 2.23 bits per heavy atom. The Kier molecular flexibility index (Phi) is 4.37. The number of hydrogen-bond donors (Lipinski definition) is 1. The summed E-state index contributed by atoms with van der Waals surface area (Å²) in [5.74, 6) is 0.911. The molecule has 0 saturated heterocycles. The number of fused-ring (bicyclic) bond motifs is 1. The Morgan fingerprint density at radius 2 is 1.54 bits per heavy atom. The van der Waals surface area contributed by atoms with Gasteiger partial charge in [-0.15, -0.1) is 0 Å². The highest BCUT2D eigenvalue weighted by atomic mass is 16.5. The van der Waals surface area contributed by atoms with Gasteiger partial charge in [-0.05, 0) is 30.5 Å². The molecule has 0 radical (unpaired) electrons. The van der Waals surface area contributed by atoms with Crippen LogP contribution in [0.25, 0.3) is 10.8 Å². The zero-order chi connectivity index (χ0) is 18.0. The van der Waals surface area contributed by atoms with Crippen molar-refractivity contribution in [1.29, 1.82) is 0 Å². The van der Waals surface area contributed by atoms with Crippen LogP contribution in [0.2, 0.25) is 0 Å². The number of benzene rings is 3. The molecule has 3 heteroatoms. The van der Waals surface area contributed by atoms with E-state index in [1.165, 1.54) is 0 Å². The number of methoxy groups -OCH3 is 1. The summed E-state index contributed by atoms with van der Waals surface area (Å²) in [5, 5.41) is 5.23. The van der Waals surface area contributed by atoms with Gasteiger partial charge in [0.15, 0.2) is 0 Å². The van der Waals surface area contributed by atoms with Crippen LogP contribution in [0.3, 0.4) is 0 Å². The Labute approximate surface area is 154 Å². The maximum absolute atomic E-state index is 13.4. The average molecular weight is 345 g/mol. The summed E-state index contributed by atoms with van der Waals surface area (Å²) in [6.45, 7) is 0. The molecule has 0 bridgehead atoms. The maximum Gasteiger partial charge on any atom is 0.235 e. The van der Waals surface area contributed by atoms with Crippen LogP contribution in [0.15, 0.2) is 66.7 Å². The van der Waals surface area contributed by atoms with Crippen LogP contribution in [0.1, 0.15) is 31.2 Å². The first-order valence-corrected chi connectivity index (χ1v) is 9.17. The Morgan fingerprint density at radius 1 is 0.885 bits per heavy atom. The molecule has 0 heterocycles. The number of rotatable bonds is 4. The van der Waals surface area contributed by atoms with Crippen molar-refractivity contribution in [2.75, 3.05) is 12.4 Å². The molecule has 0 aromatic heterocycles. The fourth-order valence-corrected chi connectivity index (χ4v) is 4.18. The SMILES string of the molecule is COc1ccc(NC(=O)C2(c3ccccc3)CCCC2)c2ccccc12. The molecule has 132 valence electrons.